The second-order valence-electron chi connectivity index (χ2n) is 4.29. The molecule has 0 aromatic carbocycles. The molecule has 88 valence electrons. The number of nitrogens with one attached hydrogen (secondary N) is 1. The Morgan fingerprint density at radius 3 is 2.80 bits per heavy atom. The second-order valence-corrected chi connectivity index (χ2v) is 4.29. The molecule has 1 aliphatic rings. The van der Waals surface area contributed by atoms with Gasteiger partial charge in [0, 0.05) is 12.6 Å². The minimum Gasteiger partial charge on any atom is -0.377 e. The van der Waals surface area contributed by atoms with Crippen LogP contribution in [0.5, 0.6) is 0 Å². The highest BCUT2D eigenvalue weighted by molar-refractivity contribution is 4.76. The normalized spacial score (nSPS) is 18.7. The molecule has 1 aliphatic carbocycles. The molecule has 0 atom stereocenters. The Hall–Kier alpha value is -0.340. The van der Waals surface area contributed by atoms with Crippen molar-refractivity contribution < 1.29 is 4.74 Å². The van der Waals surface area contributed by atoms with Gasteiger partial charge >= 0.3 is 0 Å². The van der Waals surface area contributed by atoms with Crippen molar-refractivity contribution in [3.05, 3.63) is 12.2 Å². The van der Waals surface area contributed by atoms with E-state index in [1.54, 1.807) is 0 Å². The largest absolute Gasteiger partial charge is 0.377 e. The minimum absolute atomic E-state index is 0.764. The summed E-state index contributed by atoms with van der Waals surface area (Å²) in [6.45, 7) is 4.78. The Balaban J connectivity index is 1.83. The molecule has 0 aliphatic heterocycles. The van der Waals surface area contributed by atoms with Gasteiger partial charge in [-0.05, 0) is 32.7 Å². The molecular weight excluding hydrogens is 186 g/mol. The van der Waals surface area contributed by atoms with E-state index in [1.165, 1.54) is 32.1 Å². The van der Waals surface area contributed by atoms with Crippen molar-refractivity contribution in [2.24, 2.45) is 0 Å². The standard InChI is InChI=1S/C13H25NO/c1-2-3-11-15-12-7-10-14-13-8-5-4-6-9-13/h2-3,13-14H,4-12H2,1H3. The van der Waals surface area contributed by atoms with E-state index in [9.17, 15) is 0 Å². The maximum Gasteiger partial charge on any atom is 0.0647 e. The Morgan fingerprint density at radius 1 is 1.27 bits per heavy atom. The molecule has 0 aromatic rings. The van der Waals surface area contributed by atoms with Crippen molar-refractivity contribution in [1.82, 2.24) is 5.32 Å². The molecular formula is C13H25NO. The third kappa shape index (κ3) is 6.69. The number of allylic oxidation sites excluding steroid dienone is 1. The zero-order valence-corrected chi connectivity index (χ0v) is 10.0. The lowest BCUT2D eigenvalue weighted by molar-refractivity contribution is 0.157. The lowest BCUT2D eigenvalue weighted by atomic mass is 9.95. The molecule has 0 amide bonds. The molecule has 0 bridgehead atoms. The van der Waals surface area contributed by atoms with Crippen molar-refractivity contribution in [3.63, 3.8) is 0 Å². The maximum atomic E-state index is 5.44. The van der Waals surface area contributed by atoms with Crippen molar-refractivity contribution in [2.45, 2.75) is 51.5 Å². The highest BCUT2D eigenvalue weighted by atomic mass is 16.5. The summed E-state index contributed by atoms with van der Waals surface area (Å²) >= 11 is 0. The molecule has 0 radical (unpaired) electrons. The van der Waals surface area contributed by atoms with E-state index in [1.807, 2.05) is 13.0 Å². The van der Waals surface area contributed by atoms with E-state index in [2.05, 4.69) is 11.4 Å². The average Bonchev–Trinajstić information content (AvgIpc) is 2.29. The molecule has 1 rings (SSSR count). The van der Waals surface area contributed by atoms with E-state index in [-0.39, 0.29) is 0 Å². The molecule has 15 heavy (non-hydrogen) atoms. The molecule has 0 saturated heterocycles. The van der Waals surface area contributed by atoms with Gasteiger partial charge in [0.15, 0.2) is 0 Å². The molecule has 1 N–H and O–H groups in total. The topological polar surface area (TPSA) is 21.3 Å². The van der Waals surface area contributed by atoms with Gasteiger partial charge in [-0.15, -0.1) is 0 Å². The summed E-state index contributed by atoms with van der Waals surface area (Å²) in [5.41, 5.74) is 0. The maximum absolute atomic E-state index is 5.44. The van der Waals surface area contributed by atoms with Crippen molar-refractivity contribution in [2.75, 3.05) is 19.8 Å². The smallest absolute Gasteiger partial charge is 0.0647 e. The average molecular weight is 211 g/mol. The first-order valence-electron chi connectivity index (χ1n) is 6.36. The third-order valence-electron chi connectivity index (χ3n) is 2.95. The molecule has 0 heterocycles. The van der Waals surface area contributed by atoms with Gasteiger partial charge in [-0.1, -0.05) is 31.4 Å². The van der Waals surface area contributed by atoms with Crippen LogP contribution < -0.4 is 5.32 Å². The molecule has 0 spiro atoms. The summed E-state index contributed by atoms with van der Waals surface area (Å²) in [6.07, 6.45) is 12.2. The third-order valence-corrected chi connectivity index (χ3v) is 2.95. The summed E-state index contributed by atoms with van der Waals surface area (Å²) in [5, 5.41) is 3.61. The number of ether oxygens (including phenoxy) is 1. The van der Waals surface area contributed by atoms with Crippen LogP contribution in [0.1, 0.15) is 45.4 Å². The van der Waals surface area contributed by atoms with Gasteiger partial charge in [-0.3, -0.25) is 0 Å². The fourth-order valence-electron chi connectivity index (χ4n) is 2.03. The highest BCUT2D eigenvalue weighted by Gasteiger charge is 2.11. The first kappa shape index (κ1) is 12.7. The van der Waals surface area contributed by atoms with E-state index in [0.717, 1.165) is 32.2 Å². The molecule has 1 fully saturated rings. The van der Waals surface area contributed by atoms with Crippen LogP contribution >= 0.6 is 0 Å². The molecule has 0 unspecified atom stereocenters. The van der Waals surface area contributed by atoms with E-state index < -0.39 is 0 Å². The van der Waals surface area contributed by atoms with Crippen molar-refractivity contribution in [1.29, 1.82) is 0 Å². The van der Waals surface area contributed by atoms with Crippen molar-refractivity contribution in [3.8, 4) is 0 Å². The lowest BCUT2D eigenvalue weighted by Crippen LogP contribution is -2.32. The predicted octanol–water partition coefficient (Wildman–Crippen LogP) is 2.89. The quantitative estimate of drug-likeness (QED) is 0.516. The summed E-state index contributed by atoms with van der Waals surface area (Å²) < 4.78 is 5.44. The Morgan fingerprint density at radius 2 is 2.07 bits per heavy atom. The number of rotatable bonds is 7. The monoisotopic (exact) mass is 211 g/mol. The van der Waals surface area contributed by atoms with Crippen LogP contribution in [0.2, 0.25) is 0 Å². The fraction of sp³-hybridized carbons (Fsp3) is 0.846. The Bertz CT molecular complexity index is 162. The summed E-state index contributed by atoms with van der Waals surface area (Å²) in [7, 11) is 0. The van der Waals surface area contributed by atoms with Crippen LogP contribution in [0.4, 0.5) is 0 Å². The van der Waals surface area contributed by atoms with Gasteiger partial charge in [-0.25, -0.2) is 0 Å². The van der Waals surface area contributed by atoms with Gasteiger partial charge < -0.3 is 10.1 Å². The second kappa shape index (κ2) is 8.93. The Kier molecular flexibility index (Phi) is 7.58. The first-order chi connectivity index (χ1) is 7.43. The van der Waals surface area contributed by atoms with Crippen LogP contribution in [-0.2, 0) is 4.74 Å². The fourth-order valence-corrected chi connectivity index (χ4v) is 2.03. The molecule has 2 nitrogen and oxygen atoms in total. The van der Waals surface area contributed by atoms with Crippen molar-refractivity contribution >= 4 is 0 Å². The number of hydrogen-bond acceptors (Lipinski definition) is 2. The van der Waals surface area contributed by atoms with Crippen LogP contribution in [0.15, 0.2) is 12.2 Å². The van der Waals surface area contributed by atoms with Gasteiger partial charge in [0.1, 0.15) is 0 Å². The van der Waals surface area contributed by atoms with Gasteiger partial charge in [0.05, 0.1) is 6.61 Å². The summed E-state index contributed by atoms with van der Waals surface area (Å²) in [5.74, 6) is 0. The SMILES string of the molecule is CC=CCOCCCNC1CCCCC1. The van der Waals surface area contributed by atoms with E-state index >= 15 is 0 Å². The van der Waals surface area contributed by atoms with Gasteiger partial charge in [-0.2, -0.15) is 0 Å². The predicted molar refractivity (Wildman–Crippen MR) is 65.1 cm³/mol. The van der Waals surface area contributed by atoms with E-state index in [4.69, 9.17) is 4.74 Å². The first-order valence-corrected chi connectivity index (χ1v) is 6.36. The number of hydrogen-bond donors (Lipinski definition) is 1. The summed E-state index contributed by atoms with van der Waals surface area (Å²) in [4.78, 5) is 0. The van der Waals surface area contributed by atoms with Crippen LogP contribution in [0, 0.1) is 0 Å². The minimum atomic E-state index is 0.764. The van der Waals surface area contributed by atoms with Crippen LogP contribution in [0.25, 0.3) is 0 Å². The zero-order chi connectivity index (χ0) is 10.8. The van der Waals surface area contributed by atoms with Crippen LogP contribution in [0.3, 0.4) is 0 Å². The van der Waals surface area contributed by atoms with Gasteiger partial charge in [0.25, 0.3) is 0 Å². The highest BCUT2D eigenvalue weighted by Crippen LogP contribution is 2.17. The zero-order valence-electron chi connectivity index (χ0n) is 10.0. The molecule has 2 heteroatoms. The summed E-state index contributed by atoms with van der Waals surface area (Å²) in [6, 6.07) is 0.786. The van der Waals surface area contributed by atoms with Gasteiger partial charge in [0.2, 0.25) is 0 Å². The van der Waals surface area contributed by atoms with E-state index in [0.29, 0.717) is 0 Å². The van der Waals surface area contributed by atoms with Crippen LogP contribution in [-0.4, -0.2) is 25.8 Å². The molecule has 0 aromatic heterocycles. The Labute approximate surface area is 94.1 Å². The lowest BCUT2D eigenvalue weighted by Gasteiger charge is -2.22. The molecule has 1 saturated carbocycles.